The highest BCUT2D eigenvalue weighted by atomic mass is 16.5. The molecule has 0 aliphatic heterocycles. The average molecular weight is 340 g/mol. The van der Waals surface area contributed by atoms with Crippen LogP contribution >= 0.6 is 0 Å². The summed E-state index contributed by atoms with van der Waals surface area (Å²) in [5.41, 5.74) is 1.12. The van der Waals surface area contributed by atoms with E-state index in [9.17, 15) is 9.59 Å². The molecule has 1 heterocycles. The lowest BCUT2D eigenvalue weighted by Gasteiger charge is -2.16. The van der Waals surface area contributed by atoms with Gasteiger partial charge in [0, 0.05) is 31.6 Å². The predicted molar refractivity (Wildman–Crippen MR) is 91.3 cm³/mol. The Balaban J connectivity index is 2.00. The van der Waals surface area contributed by atoms with E-state index in [1.54, 1.807) is 35.1 Å². The van der Waals surface area contributed by atoms with E-state index < -0.39 is 18.0 Å². The molecule has 7 heteroatoms. The number of nitrogens with one attached hydrogen (secondary N) is 1. The number of nitriles is 1. The molecule has 0 aliphatic rings. The summed E-state index contributed by atoms with van der Waals surface area (Å²) in [4.78, 5) is 23.8. The topological polar surface area (TPSA) is 97.0 Å². The molecule has 0 spiro atoms. The van der Waals surface area contributed by atoms with Crippen LogP contribution in [0.25, 0.3) is 0 Å². The molecule has 1 atom stereocenters. The fourth-order valence-corrected chi connectivity index (χ4v) is 2.30. The lowest BCUT2D eigenvalue weighted by molar-refractivity contribution is -0.152. The van der Waals surface area contributed by atoms with Gasteiger partial charge in [-0.1, -0.05) is 30.3 Å². The summed E-state index contributed by atoms with van der Waals surface area (Å²) in [6.07, 6.45) is 4.39. The van der Waals surface area contributed by atoms with Gasteiger partial charge < -0.3 is 10.1 Å². The van der Waals surface area contributed by atoms with Crippen LogP contribution in [-0.2, 0) is 20.9 Å². The number of anilines is 1. The first kappa shape index (κ1) is 18.2. The summed E-state index contributed by atoms with van der Waals surface area (Å²) in [6, 6.07) is 10.9. The molecular weight excluding hydrogens is 320 g/mol. The van der Waals surface area contributed by atoms with E-state index in [0.717, 1.165) is 12.8 Å². The van der Waals surface area contributed by atoms with Crippen molar-refractivity contribution < 1.29 is 14.3 Å². The number of benzene rings is 1. The molecule has 0 saturated heterocycles. The second-order valence-corrected chi connectivity index (χ2v) is 5.50. The summed E-state index contributed by atoms with van der Waals surface area (Å²) in [5, 5.41) is 15.4. The molecule has 1 amide bonds. The van der Waals surface area contributed by atoms with Crippen LogP contribution in [0.15, 0.2) is 42.7 Å². The molecule has 1 aromatic carbocycles. The summed E-state index contributed by atoms with van der Waals surface area (Å²) in [6.45, 7) is 1.94. The lowest BCUT2D eigenvalue weighted by atomic mass is 10.1. The van der Waals surface area contributed by atoms with Crippen molar-refractivity contribution in [2.75, 3.05) is 5.32 Å². The second kappa shape index (κ2) is 9.23. The molecule has 0 aliphatic carbocycles. The number of rotatable bonds is 8. The summed E-state index contributed by atoms with van der Waals surface area (Å²) < 4.78 is 6.86. The van der Waals surface area contributed by atoms with Gasteiger partial charge in [-0.25, -0.2) is 0 Å². The van der Waals surface area contributed by atoms with Crippen molar-refractivity contribution in [3.63, 3.8) is 0 Å². The van der Waals surface area contributed by atoms with Gasteiger partial charge in [0.2, 0.25) is 6.10 Å². The van der Waals surface area contributed by atoms with Crippen LogP contribution in [0, 0.1) is 11.3 Å². The third-order valence-electron chi connectivity index (χ3n) is 3.45. The standard InChI is InChI=1S/C18H20N4O3/c1-14(23)25-17(15-8-4-2-5-9-15)18(24)21-16-12-20-22(13-16)11-7-3-6-10-19/h2,4-5,8-9,12-13,17H,3,6-7,11H2,1H3,(H,21,24). The zero-order valence-electron chi connectivity index (χ0n) is 14.0. The number of unbranched alkanes of at least 4 members (excludes halogenated alkanes) is 2. The normalized spacial score (nSPS) is 11.4. The minimum absolute atomic E-state index is 0.439. The van der Waals surface area contributed by atoms with Crippen LogP contribution in [0.3, 0.4) is 0 Å². The number of aromatic nitrogens is 2. The number of ether oxygens (including phenoxy) is 1. The number of carbonyl (C=O) groups excluding carboxylic acids is 2. The van der Waals surface area contributed by atoms with E-state index in [4.69, 9.17) is 10.00 Å². The molecule has 1 aromatic heterocycles. The van der Waals surface area contributed by atoms with Gasteiger partial charge in [0.25, 0.3) is 5.91 Å². The predicted octanol–water partition coefficient (Wildman–Crippen LogP) is 2.82. The molecule has 1 unspecified atom stereocenters. The van der Waals surface area contributed by atoms with Gasteiger partial charge in [0.1, 0.15) is 0 Å². The van der Waals surface area contributed by atoms with Gasteiger partial charge in [0.15, 0.2) is 0 Å². The van der Waals surface area contributed by atoms with E-state index in [2.05, 4.69) is 16.5 Å². The Bertz CT molecular complexity index is 749. The third kappa shape index (κ3) is 5.77. The van der Waals surface area contributed by atoms with Gasteiger partial charge in [-0.15, -0.1) is 0 Å². The number of aryl methyl sites for hydroxylation is 1. The largest absolute Gasteiger partial charge is 0.447 e. The highest BCUT2D eigenvalue weighted by molar-refractivity contribution is 5.95. The lowest BCUT2D eigenvalue weighted by Crippen LogP contribution is -2.24. The molecule has 1 N–H and O–H groups in total. The molecule has 0 saturated carbocycles. The first-order chi connectivity index (χ1) is 12.1. The summed E-state index contributed by atoms with van der Waals surface area (Å²) in [7, 11) is 0. The van der Waals surface area contributed by atoms with Crippen LogP contribution in [-0.4, -0.2) is 21.7 Å². The van der Waals surface area contributed by atoms with Crippen LogP contribution < -0.4 is 5.32 Å². The van der Waals surface area contributed by atoms with E-state index >= 15 is 0 Å². The van der Waals surface area contributed by atoms with Crippen molar-refractivity contribution in [1.29, 1.82) is 5.26 Å². The van der Waals surface area contributed by atoms with Crippen molar-refractivity contribution in [2.24, 2.45) is 0 Å². The monoisotopic (exact) mass is 340 g/mol. The van der Waals surface area contributed by atoms with Gasteiger partial charge in [0.05, 0.1) is 18.0 Å². The Hall–Kier alpha value is -3.14. The Morgan fingerprint density at radius 2 is 2.08 bits per heavy atom. The van der Waals surface area contributed by atoms with E-state index in [1.807, 2.05) is 6.07 Å². The number of amides is 1. The quantitative estimate of drug-likeness (QED) is 0.589. The van der Waals surface area contributed by atoms with Crippen LogP contribution in [0.5, 0.6) is 0 Å². The minimum Gasteiger partial charge on any atom is -0.447 e. The maximum atomic E-state index is 12.5. The Morgan fingerprint density at radius 3 is 2.76 bits per heavy atom. The maximum Gasteiger partial charge on any atom is 0.303 e. The van der Waals surface area contributed by atoms with Gasteiger partial charge in [-0.05, 0) is 12.8 Å². The average Bonchev–Trinajstić information content (AvgIpc) is 3.04. The van der Waals surface area contributed by atoms with Crippen molar-refractivity contribution in [3.05, 3.63) is 48.3 Å². The van der Waals surface area contributed by atoms with Crippen molar-refractivity contribution in [1.82, 2.24) is 9.78 Å². The highest BCUT2D eigenvalue weighted by Gasteiger charge is 2.24. The van der Waals surface area contributed by atoms with Crippen LogP contribution in [0.4, 0.5) is 5.69 Å². The van der Waals surface area contributed by atoms with Gasteiger partial charge in [-0.3, -0.25) is 14.3 Å². The SMILES string of the molecule is CC(=O)OC(C(=O)Nc1cnn(CCCCC#N)c1)c1ccccc1. The number of hydrogen-bond donors (Lipinski definition) is 1. The Labute approximate surface area is 146 Å². The van der Waals surface area contributed by atoms with Crippen molar-refractivity contribution in [2.45, 2.75) is 38.8 Å². The molecular formula is C18H20N4O3. The molecule has 2 rings (SSSR count). The van der Waals surface area contributed by atoms with Crippen molar-refractivity contribution in [3.8, 4) is 6.07 Å². The first-order valence-corrected chi connectivity index (χ1v) is 8.02. The van der Waals surface area contributed by atoms with Crippen LogP contribution in [0.2, 0.25) is 0 Å². The smallest absolute Gasteiger partial charge is 0.303 e. The van der Waals surface area contributed by atoms with E-state index in [0.29, 0.717) is 24.2 Å². The number of hydrogen-bond acceptors (Lipinski definition) is 5. The molecule has 7 nitrogen and oxygen atoms in total. The minimum atomic E-state index is -1.02. The van der Waals surface area contributed by atoms with Crippen LogP contribution in [0.1, 0.15) is 37.9 Å². The fraction of sp³-hybridized carbons (Fsp3) is 0.333. The maximum absolute atomic E-state index is 12.5. The number of nitrogens with zero attached hydrogens (tertiary/aromatic N) is 3. The second-order valence-electron chi connectivity index (χ2n) is 5.50. The number of esters is 1. The third-order valence-corrected chi connectivity index (χ3v) is 3.45. The molecule has 0 radical (unpaired) electrons. The Morgan fingerprint density at radius 1 is 1.32 bits per heavy atom. The van der Waals surface area contributed by atoms with Crippen molar-refractivity contribution >= 4 is 17.6 Å². The van der Waals surface area contributed by atoms with Gasteiger partial charge >= 0.3 is 5.97 Å². The molecule has 130 valence electrons. The zero-order valence-corrected chi connectivity index (χ0v) is 14.0. The number of carbonyl (C=O) groups is 2. The molecule has 2 aromatic rings. The van der Waals surface area contributed by atoms with E-state index in [1.165, 1.54) is 13.1 Å². The molecule has 0 bridgehead atoms. The zero-order chi connectivity index (χ0) is 18.1. The summed E-state index contributed by atoms with van der Waals surface area (Å²) in [5.74, 6) is -0.970. The first-order valence-electron chi connectivity index (χ1n) is 8.02. The van der Waals surface area contributed by atoms with Gasteiger partial charge in [-0.2, -0.15) is 10.4 Å². The fourth-order valence-electron chi connectivity index (χ4n) is 2.30. The molecule has 25 heavy (non-hydrogen) atoms. The Kier molecular flexibility index (Phi) is 6.72. The molecule has 0 fully saturated rings. The highest BCUT2D eigenvalue weighted by Crippen LogP contribution is 2.20. The van der Waals surface area contributed by atoms with E-state index in [-0.39, 0.29) is 0 Å². The summed E-state index contributed by atoms with van der Waals surface area (Å²) >= 11 is 0.